The Labute approximate surface area is 160 Å². The Balaban J connectivity index is 1.38. The van der Waals surface area contributed by atoms with Crippen molar-refractivity contribution in [2.24, 2.45) is 11.3 Å². The van der Waals surface area contributed by atoms with Crippen molar-refractivity contribution in [1.29, 1.82) is 0 Å². The number of likely N-dealkylation sites (tertiary alicyclic amines) is 1. The van der Waals surface area contributed by atoms with Gasteiger partial charge in [0, 0.05) is 37.4 Å². The lowest BCUT2D eigenvalue weighted by Gasteiger charge is -2.35. The van der Waals surface area contributed by atoms with Crippen LogP contribution in [0.3, 0.4) is 0 Å². The van der Waals surface area contributed by atoms with E-state index >= 15 is 0 Å². The minimum Gasteiger partial charge on any atom is -0.356 e. The normalized spacial score (nSPS) is 15.9. The van der Waals surface area contributed by atoms with Crippen LogP contribution in [0.5, 0.6) is 0 Å². The summed E-state index contributed by atoms with van der Waals surface area (Å²) in [5.74, 6) is 1.26. The summed E-state index contributed by atoms with van der Waals surface area (Å²) in [5.41, 5.74) is 1.67. The van der Waals surface area contributed by atoms with E-state index in [0.29, 0.717) is 19.6 Å². The number of H-pyrrole nitrogens is 1. The maximum absolute atomic E-state index is 12.4. The fourth-order valence-electron chi connectivity index (χ4n) is 3.55. The monoisotopic (exact) mass is 370 g/mol. The summed E-state index contributed by atoms with van der Waals surface area (Å²) in [7, 11) is 0. The van der Waals surface area contributed by atoms with Crippen LogP contribution >= 0.6 is 0 Å². The molecule has 1 aromatic carbocycles. The molecule has 1 aliphatic rings. The van der Waals surface area contributed by atoms with Crippen LogP contribution < -0.4 is 5.32 Å². The summed E-state index contributed by atoms with van der Waals surface area (Å²) < 4.78 is 0. The van der Waals surface area contributed by atoms with Crippen LogP contribution in [0, 0.1) is 11.3 Å². The van der Waals surface area contributed by atoms with E-state index < -0.39 is 0 Å². The number of para-hydroxylation sites is 2. The summed E-state index contributed by atoms with van der Waals surface area (Å²) >= 11 is 0. The van der Waals surface area contributed by atoms with Gasteiger partial charge in [-0.05, 0) is 31.4 Å². The Morgan fingerprint density at radius 2 is 1.93 bits per heavy atom. The Hall–Kier alpha value is -2.37. The van der Waals surface area contributed by atoms with Crippen molar-refractivity contribution in [3.8, 4) is 0 Å². The molecular formula is C21H30N4O2. The highest BCUT2D eigenvalue weighted by molar-refractivity contribution is 5.82. The average molecular weight is 370 g/mol. The molecule has 0 atom stereocenters. The number of hydrogen-bond donors (Lipinski definition) is 2. The van der Waals surface area contributed by atoms with Crippen molar-refractivity contribution < 1.29 is 9.59 Å². The summed E-state index contributed by atoms with van der Waals surface area (Å²) in [5, 5.41) is 3.05. The number of hydrogen-bond acceptors (Lipinski definition) is 3. The molecule has 3 rings (SSSR count). The lowest BCUT2D eigenvalue weighted by molar-refractivity contribution is -0.142. The molecule has 6 heteroatoms. The molecule has 0 radical (unpaired) electrons. The molecule has 0 aliphatic carbocycles. The van der Waals surface area contributed by atoms with Crippen LogP contribution in [0.25, 0.3) is 11.0 Å². The first-order valence-electron chi connectivity index (χ1n) is 9.85. The topological polar surface area (TPSA) is 78.1 Å². The predicted molar refractivity (Wildman–Crippen MR) is 106 cm³/mol. The highest BCUT2D eigenvalue weighted by Gasteiger charge is 2.32. The fraction of sp³-hybridized carbons (Fsp3) is 0.571. The maximum Gasteiger partial charge on any atom is 0.227 e. The molecule has 0 spiro atoms. The molecule has 2 N–H and O–H groups in total. The number of nitrogens with one attached hydrogen (secondary N) is 2. The molecule has 2 heterocycles. The van der Waals surface area contributed by atoms with E-state index in [1.54, 1.807) is 0 Å². The number of aromatic amines is 1. The zero-order valence-electron chi connectivity index (χ0n) is 16.5. The minimum absolute atomic E-state index is 0.0141. The van der Waals surface area contributed by atoms with Gasteiger partial charge in [0.05, 0.1) is 11.0 Å². The Kier molecular flexibility index (Phi) is 5.82. The SMILES string of the molecule is CC(C)(C)C(=O)N1CCC(C(=O)NCCCc2nc3ccccc3[nH]2)CC1. The molecule has 1 saturated heterocycles. The van der Waals surface area contributed by atoms with E-state index in [9.17, 15) is 9.59 Å². The van der Waals surface area contributed by atoms with Gasteiger partial charge in [0.15, 0.2) is 0 Å². The van der Waals surface area contributed by atoms with Crippen molar-refractivity contribution in [1.82, 2.24) is 20.2 Å². The summed E-state index contributed by atoms with van der Waals surface area (Å²) in [6.45, 7) is 7.82. The number of aryl methyl sites for hydroxylation is 1. The van der Waals surface area contributed by atoms with Gasteiger partial charge in [-0.25, -0.2) is 4.98 Å². The maximum atomic E-state index is 12.4. The number of nitrogens with zero attached hydrogens (tertiary/aromatic N) is 2. The third-order valence-corrected chi connectivity index (χ3v) is 5.12. The van der Waals surface area contributed by atoms with Gasteiger partial charge in [-0.2, -0.15) is 0 Å². The number of carbonyl (C=O) groups is 2. The van der Waals surface area contributed by atoms with Crippen LogP contribution in [0.1, 0.15) is 45.9 Å². The predicted octanol–water partition coefficient (Wildman–Crippen LogP) is 2.90. The molecule has 2 aromatic rings. The number of aromatic nitrogens is 2. The molecule has 0 saturated carbocycles. The van der Waals surface area contributed by atoms with E-state index in [-0.39, 0.29) is 23.1 Å². The van der Waals surface area contributed by atoms with Crippen LogP contribution in [0.4, 0.5) is 0 Å². The lowest BCUT2D eigenvalue weighted by atomic mass is 9.90. The van der Waals surface area contributed by atoms with E-state index in [1.807, 2.05) is 49.9 Å². The molecule has 1 aromatic heterocycles. The molecule has 146 valence electrons. The third kappa shape index (κ3) is 4.87. The first kappa shape index (κ1) is 19.4. The van der Waals surface area contributed by atoms with Crippen LogP contribution in [-0.4, -0.2) is 46.3 Å². The van der Waals surface area contributed by atoms with Crippen molar-refractivity contribution in [3.63, 3.8) is 0 Å². The quantitative estimate of drug-likeness (QED) is 0.795. The van der Waals surface area contributed by atoms with Gasteiger partial charge in [0.2, 0.25) is 11.8 Å². The van der Waals surface area contributed by atoms with Gasteiger partial charge in [-0.3, -0.25) is 9.59 Å². The van der Waals surface area contributed by atoms with Gasteiger partial charge in [-0.15, -0.1) is 0 Å². The number of rotatable bonds is 5. The largest absolute Gasteiger partial charge is 0.356 e. The van der Waals surface area contributed by atoms with Crippen LogP contribution in [-0.2, 0) is 16.0 Å². The first-order chi connectivity index (χ1) is 12.8. The van der Waals surface area contributed by atoms with Crippen molar-refractivity contribution >= 4 is 22.8 Å². The minimum atomic E-state index is -0.355. The molecule has 27 heavy (non-hydrogen) atoms. The average Bonchev–Trinajstić information content (AvgIpc) is 3.06. The molecule has 0 bridgehead atoms. The zero-order valence-corrected chi connectivity index (χ0v) is 16.5. The van der Waals surface area contributed by atoms with E-state index in [2.05, 4.69) is 15.3 Å². The van der Waals surface area contributed by atoms with Crippen LogP contribution in [0.2, 0.25) is 0 Å². The Morgan fingerprint density at radius 1 is 1.22 bits per heavy atom. The molecule has 2 amide bonds. The first-order valence-corrected chi connectivity index (χ1v) is 9.85. The van der Waals surface area contributed by atoms with Gasteiger partial charge in [0.1, 0.15) is 5.82 Å². The van der Waals surface area contributed by atoms with Crippen molar-refractivity contribution in [2.45, 2.75) is 46.5 Å². The van der Waals surface area contributed by atoms with E-state index in [0.717, 1.165) is 42.5 Å². The van der Waals surface area contributed by atoms with Gasteiger partial charge < -0.3 is 15.2 Å². The summed E-state index contributed by atoms with van der Waals surface area (Å²) in [4.78, 5) is 34.5. The highest BCUT2D eigenvalue weighted by Crippen LogP contribution is 2.23. The number of benzene rings is 1. The Morgan fingerprint density at radius 3 is 2.59 bits per heavy atom. The van der Waals surface area contributed by atoms with E-state index in [4.69, 9.17) is 0 Å². The zero-order chi connectivity index (χ0) is 19.4. The second-order valence-corrected chi connectivity index (χ2v) is 8.41. The van der Waals surface area contributed by atoms with Crippen molar-refractivity contribution in [2.75, 3.05) is 19.6 Å². The molecular weight excluding hydrogens is 340 g/mol. The van der Waals surface area contributed by atoms with Gasteiger partial charge >= 0.3 is 0 Å². The molecule has 0 unspecified atom stereocenters. The van der Waals surface area contributed by atoms with E-state index in [1.165, 1.54) is 0 Å². The molecule has 1 aliphatic heterocycles. The van der Waals surface area contributed by atoms with Gasteiger partial charge in [0.25, 0.3) is 0 Å². The second-order valence-electron chi connectivity index (χ2n) is 8.41. The number of imidazole rings is 1. The van der Waals surface area contributed by atoms with Crippen molar-refractivity contribution in [3.05, 3.63) is 30.1 Å². The van der Waals surface area contributed by atoms with Gasteiger partial charge in [-0.1, -0.05) is 32.9 Å². The summed E-state index contributed by atoms with van der Waals surface area (Å²) in [6, 6.07) is 7.98. The number of fused-ring (bicyclic) bond motifs is 1. The lowest BCUT2D eigenvalue weighted by Crippen LogP contribution is -2.46. The number of amides is 2. The second kappa shape index (κ2) is 8.11. The Bertz CT molecular complexity index is 765. The summed E-state index contributed by atoms with van der Waals surface area (Å²) in [6.07, 6.45) is 3.16. The standard InChI is InChI=1S/C21H30N4O2/c1-21(2,3)20(27)25-13-10-15(11-14-25)19(26)22-12-6-9-18-23-16-7-4-5-8-17(16)24-18/h4-5,7-8,15H,6,9-14H2,1-3H3,(H,22,26)(H,23,24). The number of carbonyl (C=O) groups excluding carboxylic acids is 2. The third-order valence-electron chi connectivity index (χ3n) is 5.12. The molecule has 6 nitrogen and oxygen atoms in total. The fourth-order valence-corrected chi connectivity index (χ4v) is 3.55. The molecule has 1 fully saturated rings. The van der Waals surface area contributed by atoms with Crippen LogP contribution in [0.15, 0.2) is 24.3 Å². The smallest absolute Gasteiger partial charge is 0.227 e. The highest BCUT2D eigenvalue weighted by atomic mass is 16.2. The number of piperidine rings is 1.